The molecule has 0 bridgehead atoms. The van der Waals surface area contributed by atoms with Crippen molar-refractivity contribution < 1.29 is 10.2 Å². The number of hydrogen-bond donors (Lipinski definition) is 2. The van der Waals surface area contributed by atoms with Gasteiger partial charge in [0.2, 0.25) is 0 Å². The van der Waals surface area contributed by atoms with Crippen molar-refractivity contribution in [2.45, 2.75) is 6.92 Å². The summed E-state index contributed by atoms with van der Waals surface area (Å²) in [6.45, 7) is 2.02. The van der Waals surface area contributed by atoms with Crippen LogP contribution in [0.1, 0.15) is 5.56 Å². The predicted molar refractivity (Wildman–Crippen MR) is 83.9 cm³/mol. The number of phenols is 2. The van der Waals surface area contributed by atoms with Crippen molar-refractivity contribution >= 4 is 23.1 Å². The van der Waals surface area contributed by atoms with Gasteiger partial charge in [0.1, 0.15) is 17.2 Å². The van der Waals surface area contributed by atoms with E-state index in [-0.39, 0.29) is 16.5 Å². The number of nitrogens with zero attached hydrogens (tertiary/aromatic N) is 2. The number of phenolic OH excluding ortho intramolecular Hbond substituents is 2. The molecule has 0 radical (unpaired) electrons. The lowest BCUT2D eigenvalue weighted by atomic mass is 10.0. The van der Waals surface area contributed by atoms with Crippen LogP contribution in [0, 0.1) is 6.92 Å². The molecule has 21 heavy (non-hydrogen) atoms. The Balaban J connectivity index is 2.15. The largest absolute Gasteiger partial charge is 0.507 e. The van der Waals surface area contributed by atoms with Crippen LogP contribution in [0.4, 0.5) is 0 Å². The first-order chi connectivity index (χ1) is 10.1. The van der Waals surface area contributed by atoms with Crippen LogP contribution in [0.15, 0.2) is 36.4 Å². The van der Waals surface area contributed by atoms with Crippen molar-refractivity contribution in [3.8, 4) is 33.2 Å². The summed E-state index contributed by atoms with van der Waals surface area (Å²) in [5, 5.41) is 23.8. The van der Waals surface area contributed by atoms with Gasteiger partial charge in [0.25, 0.3) is 0 Å². The fraction of sp³-hybridized carbons (Fsp3) is 0.0667. The SMILES string of the molecule is Cc1ccc(-c2snnc2-c2cc(Cl)c(O)cc2O)cc1. The summed E-state index contributed by atoms with van der Waals surface area (Å²) in [5.41, 5.74) is 3.12. The van der Waals surface area contributed by atoms with E-state index in [1.807, 2.05) is 31.2 Å². The van der Waals surface area contributed by atoms with Gasteiger partial charge in [-0.3, -0.25) is 0 Å². The van der Waals surface area contributed by atoms with Gasteiger partial charge < -0.3 is 10.2 Å². The van der Waals surface area contributed by atoms with E-state index < -0.39 is 0 Å². The molecule has 0 unspecified atom stereocenters. The monoisotopic (exact) mass is 318 g/mol. The second kappa shape index (κ2) is 5.35. The summed E-state index contributed by atoms with van der Waals surface area (Å²) in [6, 6.07) is 10.7. The van der Waals surface area contributed by atoms with Crippen LogP contribution in [0.2, 0.25) is 5.02 Å². The van der Waals surface area contributed by atoms with Gasteiger partial charge in [0, 0.05) is 11.6 Å². The maximum Gasteiger partial charge on any atom is 0.137 e. The van der Waals surface area contributed by atoms with Gasteiger partial charge in [-0.2, -0.15) is 0 Å². The lowest BCUT2D eigenvalue weighted by Crippen LogP contribution is -1.85. The average Bonchev–Trinajstić information content (AvgIpc) is 2.93. The molecular weight excluding hydrogens is 308 g/mol. The van der Waals surface area contributed by atoms with E-state index in [9.17, 15) is 10.2 Å². The Bertz CT molecular complexity index is 800. The fourth-order valence-corrected chi connectivity index (χ4v) is 2.85. The summed E-state index contributed by atoms with van der Waals surface area (Å²) in [7, 11) is 0. The Morgan fingerprint density at radius 3 is 2.48 bits per heavy atom. The number of rotatable bonds is 2. The second-order valence-corrected chi connectivity index (χ2v) is 5.80. The maximum atomic E-state index is 10.0. The molecule has 6 heteroatoms. The normalized spacial score (nSPS) is 10.8. The highest BCUT2D eigenvalue weighted by Crippen LogP contribution is 2.41. The standard InChI is InChI=1S/C15H11ClN2O2S/c1-8-2-4-9(5-3-8)15-14(17-18-21-15)10-6-11(16)13(20)7-12(10)19/h2-7,19-20H,1H3. The zero-order valence-corrected chi connectivity index (χ0v) is 12.6. The first-order valence-electron chi connectivity index (χ1n) is 6.17. The van der Waals surface area contributed by atoms with Gasteiger partial charge in [-0.1, -0.05) is 45.9 Å². The van der Waals surface area contributed by atoms with E-state index >= 15 is 0 Å². The van der Waals surface area contributed by atoms with Crippen molar-refractivity contribution in [2.75, 3.05) is 0 Å². The van der Waals surface area contributed by atoms with E-state index in [4.69, 9.17) is 11.6 Å². The summed E-state index contributed by atoms with van der Waals surface area (Å²) < 4.78 is 3.97. The van der Waals surface area contributed by atoms with Gasteiger partial charge in [-0.05, 0) is 30.1 Å². The summed E-state index contributed by atoms with van der Waals surface area (Å²) in [4.78, 5) is 0.840. The first kappa shape index (κ1) is 13.9. The third-order valence-corrected chi connectivity index (χ3v) is 4.20. The second-order valence-electron chi connectivity index (χ2n) is 4.64. The van der Waals surface area contributed by atoms with Crippen molar-refractivity contribution in [3.05, 3.63) is 47.0 Å². The third kappa shape index (κ3) is 2.57. The molecular formula is C15H11ClN2O2S. The molecule has 106 valence electrons. The van der Waals surface area contributed by atoms with E-state index in [1.165, 1.54) is 23.7 Å². The Kier molecular flexibility index (Phi) is 3.53. The van der Waals surface area contributed by atoms with Crippen LogP contribution in [-0.2, 0) is 0 Å². The van der Waals surface area contributed by atoms with Crippen molar-refractivity contribution in [1.82, 2.24) is 9.59 Å². The lowest BCUT2D eigenvalue weighted by molar-refractivity contribution is 0.452. The number of hydrogen-bond acceptors (Lipinski definition) is 5. The van der Waals surface area contributed by atoms with Crippen LogP contribution in [-0.4, -0.2) is 19.8 Å². The average molecular weight is 319 g/mol. The number of aryl methyl sites for hydroxylation is 1. The predicted octanol–water partition coefficient (Wildman–Crippen LogP) is 4.25. The zero-order chi connectivity index (χ0) is 15.0. The van der Waals surface area contributed by atoms with Crippen LogP contribution < -0.4 is 0 Å². The molecule has 3 aromatic rings. The molecule has 0 fully saturated rings. The molecule has 1 heterocycles. The minimum Gasteiger partial charge on any atom is -0.507 e. The molecule has 3 rings (SSSR count). The Labute approximate surface area is 130 Å². The van der Waals surface area contributed by atoms with Gasteiger partial charge >= 0.3 is 0 Å². The lowest BCUT2D eigenvalue weighted by Gasteiger charge is -2.06. The number of aromatic nitrogens is 2. The number of benzene rings is 2. The first-order valence-corrected chi connectivity index (χ1v) is 7.32. The minimum absolute atomic E-state index is 0.0852. The van der Waals surface area contributed by atoms with E-state index in [0.29, 0.717) is 11.3 Å². The molecule has 0 amide bonds. The number of aromatic hydroxyl groups is 2. The van der Waals surface area contributed by atoms with Gasteiger partial charge in [0.15, 0.2) is 0 Å². The molecule has 0 aliphatic carbocycles. The van der Waals surface area contributed by atoms with E-state index in [0.717, 1.165) is 16.0 Å². The molecule has 2 N–H and O–H groups in total. The maximum absolute atomic E-state index is 10.0. The van der Waals surface area contributed by atoms with Crippen LogP contribution in [0.5, 0.6) is 11.5 Å². The molecule has 0 atom stereocenters. The summed E-state index contributed by atoms with van der Waals surface area (Å²) >= 11 is 7.16. The van der Waals surface area contributed by atoms with Gasteiger partial charge in [0.05, 0.1) is 9.90 Å². The third-order valence-electron chi connectivity index (χ3n) is 3.12. The highest BCUT2D eigenvalue weighted by Gasteiger charge is 2.17. The molecule has 2 aromatic carbocycles. The smallest absolute Gasteiger partial charge is 0.137 e. The van der Waals surface area contributed by atoms with E-state index in [2.05, 4.69) is 9.59 Å². The molecule has 0 saturated carbocycles. The summed E-state index contributed by atoms with van der Waals surface area (Å²) in [5.74, 6) is -0.254. The fourth-order valence-electron chi connectivity index (χ4n) is 2.00. The molecule has 1 aromatic heterocycles. The van der Waals surface area contributed by atoms with Crippen molar-refractivity contribution in [3.63, 3.8) is 0 Å². The summed E-state index contributed by atoms with van der Waals surface area (Å²) in [6.07, 6.45) is 0. The van der Waals surface area contributed by atoms with E-state index in [1.54, 1.807) is 0 Å². The molecule has 0 aliphatic heterocycles. The van der Waals surface area contributed by atoms with Gasteiger partial charge in [-0.15, -0.1) is 5.10 Å². The minimum atomic E-state index is -0.169. The molecule has 4 nitrogen and oxygen atoms in total. The van der Waals surface area contributed by atoms with Crippen molar-refractivity contribution in [1.29, 1.82) is 0 Å². The Morgan fingerprint density at radius 1 is 1.05 bits per heavy atom. The van der Waals surface area contributed by atoms with Crippen LogP contribution in [0.25, 0.3) is 21.7 Å². The molecule has 0 aliphatic rings. The van der Waals surface area contributed by atoms with Crippen LogP contribution in [0.3, 0.4) is 0 Å². The topological polar surface area (TPSA) is 66.2 Å². The van der Waals surface area contributed by atoms with Gasteiger partial charge in [-0.25, -0.2) is 0 Å². The molecule has 0 saturated heterocycles. The number of halogens is 1. The molecule has 0 spiro atoms. The van der Waals surface area contributed by atoms with Crippen LogP contribution >= 0.6 is 23.1 Å². The quantitative estimate of drug-likeness (QED) is 0.741. The Morgan fingerprint density at radius 2 is 1.76 bits per heavy atom. The zero-order valence-electron chi connectivity index (χ0n) is 11.0. The highest BCUT2D eigenvalue weighted by molar-refractivity contribution is 7.09. The Hall–Kier alpha value is -2.11. The van der Waals surface area contributed by atoms with Crippen molar-refractivity contribution in [2.24, 2.45) is 0 Å². The highest BCUT2D eigenvalue weighted by atomic mass is 35.5.